The van der Waals surface area contributed by atoms with Crippen molar-refractivity contribution in [3.63, 3.8) is 0 Å². The average Bonchev–Trinajstić information content (AvgIpc) is 2.80. The van der Waals surface area contributed by atoms with Crippen molar-refractivity contribution in [1.29, 1.82) is 0 Å². The van der Waals surface area contributed by atoms with E-state index in [0.717, 1.165) is 5.56 Å². The maximum Gasteiger partial charge on any atom is 0.231 e. The molecule has 0 aliphatic carbocycles. The second kappa shape index (κ2) is 5.05. The van der Waals surface area contributed by atoms with Gasteiger partial charge in [0.1, 0.15) is 17.3 Å². The zero-order valence-corrected chi connectivity index (χ0v) is 11.6. The molecular weight excluding hydrogens is 271 g/mol. The molecule has 0 N–H and O–H groups in total. The first-order valence-corrected chi connectivity index (χ1v) is 6.47. The SMILES string of the molecule is COc1ccc2c(c1C)O/C(=C\c1ccc(F)cc1)C2=O. The van der Waals surface area contributed by atoms with Crippen LogP contribution in [0, 0.1) is 12.7 Å². The van der Waals surface area contributed by atoms with Gasteiger partial charge in [0.25, 0.3) is 0 Å². The molecule has 0 saturated heterocycles. The van der Waals surface area contributed by atoms with Gasteiger partial charge in [0.05, 0.1) is 12.7 Å². The Labute approximate surface area is 121 Å². The second-order valence-corrected chi connectivity index (χ2v) is 4.76. The fourth-order valence-electron chi connectivity index (χ4n) is 2.30. The summed E-state index contributed by atoms with van der Waals surface area (Å²) >= 11 is 0. The van der Waals surface area contributed by atoms with E-state index < -0.39 is 0 Å². The Balaban J connectivity index is 2.00. The molecule has 2 aromatic rings. The van der Waals surface area contributed by atoms with E-state index in [-0.39, 0.29) is 17.4 Å². The molecule has 4 heteroatoms. The van der Waals surface area contributed by atoms with Gasteiger partial charge in [0, 0.05) is 5.56 Å². The number of benzene rings is 2. The molecule has 0 spiro atoms. The lowest BCUT2D eigenvalue weighted by molar-refractivity contribution is 0.101. The predicted octanol–water partition coefficient (Wildman–Crippen LogP) is 3.76. The van der Waals surface area contributed by atoms with Crippen LogP contribution >= 0.6 is 0 Å². The van der Waals surface area contributed by atoms with E-state index in [0.29, 0.717) is 22.6 Å². The van der Waals surface area contributed by atoms with Crippen LogP contribution in [0.4, 0.5) is 4.39 Å². The zero-order valence-electron chi connectivity index (χ0n) is 11.6. The number of rotatable bonds is 2. The molecule has 0 amide bonds. The number of Topliss-reactive ketones (excluding diaryl/α,β-unsaturated/α-hetero) is 1. The van der Waals surface area contributed by atoms with Crippen LogP contribution in [0.25, 0.3) is 6.08 Å². The molecule has 1 heterocycles. The summed E-state index contributed by atoms with van der Waals surface area (Å²) in [5.41, 5.74) is 2.00. The number of methoxy groups -OCH3 is 1. The number of halogens is 1. The molecule has 1 aliphatic rings. The summed E-state index contributed by atoms with van der Waals surface area (Å²) < 4.78 is 23.8. The molecule has 21 heavy (non-hydrogen) atoms. The summed E-state index contributed by atoms with van der Waals surface area (Å²) in [6.45, 7) is 1.84. The molecule has 0 atom stereocenters. The first kappa shape index (κ1) is 13.4. The van der Waals surface area contributed by atoms with Gasteiger partial charge >= 0.3 is 0 Å². The van der Waals surface area contributed by atoms with Crippen molar-refractivity contribution in [1.82, 2.24) is 0 Å². The summed E-state index contributed by atoms with van der Waals surface area (Å²) in [6.07, 6.45) is 1.60. The average molecular weight is 284 g/mol. The fraction of sp³-hybridized carbons (Fsp3) is 0.118. The molecule has 2 aromatic carbocycles. The number of fused-ring (bicyclic) bond motifs is 1. The lowest BCUT2D eigenvalue weighted by Crippen LogP contribution is -1.97. The second-order valence-electron chi connectivity index (χ2n) is 4.76. The van der Waals surface area contributed by atoms with Crippen LogP contribution in [-0.4, -0.2) is 12.9 Å². The molecule has 3 nitrogen and oxygen atoms in total. The minimum atomic E-state index is -0.320. The molecule has 106 valence electrons. The third kappa shape index (κ3) is 2.29. The Bertz CT molecular complexity index is 745. The van der Waals surface area contributed by atoms with Crippen molar-refractivity contribution in [3.05, 3.63) is 64.7 Å². The van der Waals surface area contributed by atoms with E-state index in [4.69, 9.17) is 9.47 Å². The summed E-state index contributed by atoms with van der Waals surface area (Å²) in [5.74, 6) is 0.921. The quantitative estimate of drug-likeness (QED) is 0.788. The number of ether oxygens (including phenoxy) is 2. The maximum absolute atomic E-state index is 12.9. The van der Waals surface area contributed by atoms with Crippen LogP contribution in [0.3, 0.4) is 0 Å². The minimum absolute atomic E-state index is 0.180. The third-order valence-electron chi connectivity index (χ3n) is 3.42. The Hall–Kier alpha value is -2.62. The topological polar surface area (TPSA) is 35.5 Å². The van der Waals surface area contributed by atoms with Crippen molar-refractivity contribution >= 4 is 11.9 Å². The maximum atomic E-state index is 12.9. The molecule has 0 bridgehead atoms. The van der Waals surface area contributed by atoms with Crippen LogP contribution in [-0.2, 0) is 0 Å². The zero-order chi connectivity index (χ0) is 15.0. The molecule has 3 rings (SSSR count). The van der Waals surface area contributed by atoms with Gasteiger partial charge in [-0.3, -0.25) is 4.79 Å². The van der Waals surface area contributed by atoms with Gasteiger partial charge in [-0.25, -0.2) is 4.39 Å². The Morgan fingerprint density at radius 3 is 2.52 bits per heavy atom. The van der Waals surface area contributed by atoms with E-state index in [1.54, 1.807) is 37.5 Å². The van der Waals surface area contributed by atoms with Gasteiger partial charge in [0.2, 0.25) is 5.78 Å². The van der Waals surface area contributed by atoms with Gasteiger partial charge in [-0.05, 0) is 42.8 Å². The standard InChI is InChI=1S/C17H13FO3/c1-10-14(20-2)8-7-13-16(19)15(21-17(10)13)9-11-3-5-12(18)6-4-11/h3-9H,1-2H3/b15-9-. The highest BCUT2D eigenvalue weighted by molar-refractivity contribution is 6.14. The fourth-order valence-corrected chi connectivity index (χ4v) is 2.30. The van der Waals surface area contributed by atoms with Crippen molar-refractivity contribution in [2.45, 2.75) is 6.92 Å². The van der Waals surface area contributed by atoms with Crippen LogP contribution in [0.15, 0.2) is 42.2 Å². The van der Waals surface area contributed by atoms with E-state index in [1.165, 1.54) is 12.1 Å². The molecule has 0 aromatic heterocycles. The monoisotopic (exact) mass is 284 g/mol. The van der Waals surface area contributed by atoms with Crippen molar-refractivity contribution in [3.8, 4) is 11.5 Å². The smallest absolute Gasteiger partial charge is 0.231 e. The van der Waals surface area contributed by atoms with Crippen LogP contribution in [0.5, 0.6) is 11.5 Å². The molecule has 0 unspecified atom stereocenters. The van der Waals surface area contributed by atoms with Crippen molar-refractivity contribution < 1.29 is 18.7 Å². The van der Waals surface area contributed by atoms with Gasteiger partial charge in [0.15, 0.2) is 5.76 Å². The normalized spacial score (nSPS) is 15.0. The highest BCUT2D eigenvalue weighted by atomic mass is 19.1. The van der Waals surface area contributed by atoms with Crippen LogP contribution < -0.4 is 9.47 Å². The summed E-state index contributed by atoms with van der Waals surface area (Å²) in [4.78, 5) is 12.3. The minimum Gasteiger partial charge on any atom is -0.496 e. The van der Waals surface area contributed by atoms with Gasteiger partial charge in [-0.2, -0.15) is 0 Å². The van der Waals surface area contributed by atoms with Crippen LogP contribution in [0.1, 0.15) is 21.5 Å². The van der Waals surface area contributed by atoms with Crippen LogP contribution in [0.2, 0.25) is 0 Å². The number of allylic oxidation sites excluding steroid dienone is 1. The highest BCUT2D eigenvalue weighted by Crippen LogP contribution is 2.39. The van der Waals surface area contributed by atoms with Gasteiger partial charge in [-0.1, -0.05) is 12.1 Å². The van der Waals surface area contributed by atoms with Gasteiger partial charge < -0.3 is 9.47 Å². The predicted molar refractivity (Wildman–Crippen MR) is 77.1 cm³/mol. The first-order chi connectivity index (χ1) is 10.1. The number of carbonyl (C=O) groups is 1. The first-order valence-electron chi connectivity index (χ1n) is 6.47. The number of hydrogen-bond acceptors (Lipinski definition) is 3. The van der Waals surface area contributed by atoms with E-state index in [1.807, 2.05) is 6.92 Å². The number of carbonyl (C=O) groups excluding carboxylic acids is 1. The van der Waals surface area contributed by atoms with E-state index >= 15 is 0 Å². The summed E-state index contributed by atoms with van der Waals surface area (Å²) in [6, 6.07) is 9.30. The van der Waals surface area contributed by atoms with Gasteiger partial charge in [-0.15, -0.1) is 0 Å². The third-order valence-corrected chi connectivity index (χ3v) is 3.42. The molecule has 1 aliphatic heterocycles. The molecule has 0 fully saturated rings. The largest absolute Gasteiger partial charge is 0.496 e. The lowest BCUT2D eigenvalue weighted by atomic mass is 10.1. The highest BCUT2D eigenvalue weighted by Gasteiger charge is 2.29. The lowest BCUT2D eigenvalue weighted by Gasteiger charge is -2.07. The Morgan fingerprint density at radius 2 is 1.86 bits per heavy atom. The number of hydrogen-bond donors (Lipinski definition) is 0. The molecule has 0 saturated carbocycles. The summed E-state index contributed by atoms with van der Waals surface area (Å²) in [5, 5.41) is 0. The Kier molecular flexibility index (Phi) is 3.22. The molecule has 0 radical (unpaired) electrons. The van der Waals surface area contributed by atoms with E-state index in [2.05, 4.69) is 0 Å². The Morgan fingerprint density at radius 1 is 1.14 bits per heavy atom. The summed E-state index contributed by atoms with van der Waals surface area (Å²) in [7, 11) is 1.57. The van der Waals surface area contributed by atoms with E-state index in [9.17, 15) is 9.18 Å². The molecular formula is C17H13FO3. The van der Waals surface area contributed by atoms with Crippen molar-refractivity contribution in [2.24, 2.45) is 0 Å². The number of ketones is 1. The van der Waals surface area contributed by atoms with Crippen molar-refractivity contribution in [2.75, 3.05) is 7.11 Å².